The predicted molar refractivity (Wildman–Crippen MR) is 49.9 cm³/mol. The molecule has 0 aliphatic rings. The van der Waals surface area contributed by atoms with Gasteiger partial charge in [0, 0.05) is 12.4 Å². The topological polar surface area (TPSA) is 62.5 Å². The number of aromatic nitrogens is 3. The van der Waals surface area contributed by atoms with Gasteiger partial charge < -0.3 is 0 Å². The summed E-state index contributed by atoms with van der Waals surface area (Å²) in [5.41, 5.74) is 0.941. The number of hydrogen-bond acceptors (Lipinski definition) is 4. The first-order valence-corrected chi connectivity index (χ1v) is 4.13. The van der Waals surface area contributed by atoms with Crippen molar-refractivity contribution in [2.75, 3.05) is 0 Å². The van der Waals surface area contributed by atoms with Crippen LogP contribution in [0.15, 0.2) is 30.9 Å². The van der Waals surface area contributed by atoms with Gasteiger partial charge in [0.05, 0.1) is 18.0 Å². The zero-order valence-corrected chi connectivity index (χ0v) is 7.55. The van der Waals surface area contributed by atoms with Crippen LogP contribution in [0.1, 0.15) is 5.56 Å². The highest BCUT2D eigenvalue weighted by atomic mass is 19.1. The Morgan fingerprint density at radius 1 is 1.20 bits per heavy atom. The van der Waals surface area contributed by atoms with Gasteiger partial charge in [-0.25, -0.2) is 4.39 Å². The van der Waals surface area contributed by atoms with Crippen LogP contribution in [0.4, 0.5) is 4.39 Å². The van der Waals surface area contributed by atoms with E-state index in [1.54, 1.807) is 0 Å². The Hall–Kier alpha value is -2.35. The molecule has 4 nitrogen and oxygen atoms in total. The van der Waals surface area contributed by atoms with Gasteiger partial charge in [0.2, 0.25) is 0 Å². The quantitative estimate of drug-likeness (QED) is 0.700. The highest BCUT2D eigenvalue weighted by molar-refractivity contribution is 5.61. The maximum absolute atomic E-state index is 12.8. The molecule has 15 heavy (non-hydrogen) atoms. The number of rotatable bonds is 1. The first-order chi connectivity index (χ1) is 7.31. The molecule has 0 unspecified atom stereocenters. The SMILES string of the molecule is N#Cc1cc(F)cnc1-c1cnccn1. The smallest absolute Gasteiger partial charge is 0.142 e. The number of halogens is 1. The summed E-state index contributed by atoms with van der Waals surface area (Å²) in [6.07, 6.45) is 5.52. The fourth-order valence-electron chi connectivity index (χ4n) is 1.15. The minimum atomic E-state index is -0.542. The van der Waals surface area contributed by atoms with E-state index in [2.05, 4.69) is 15.0 Å². The molecule has 0 spiro atoms. The van der Waals surface area contributed by atoms with E-state index in [1.165, 1.54) is 18.6 Å². The third-order valence-corrected chi connectivity index (χ3v) is 1.78. The van der Waals surface area contributed by atoms with Crippen LogP contribution in [0.5, 0.6) is 0 Å². The number of nitriles is 1. The summed E-state index contributed by atoms with van der Waals surface area (Å²) >= 11 is 0. The third kappa shape index (κ3) is 1.79. The van der Waals surface area contributed by atoms with Gasteiger partial charge in [0.25, 0.3) is 0 Å². The molecule has 0 saturated heterocycles. The van der Waals surface area contributed by atoms with Gasteiger partial charge in [-0.1, -0.05) is 0 Å². The molecule has 0 saturated carbocycles. The average molecular weight is 200 g/mol. The van der Waals surface area contributed by atoms with E-state index in [0.717, 1.165) is 12.3 Å². The molecule has 0 aliphatic carbocycles. The molecule has 0 fully saturated rings. The van der Waals surface area contributed by atoms with Crippen molar-refractivity contribution in [1.82, 2.24) is 15.0 Å². The molecule has 0 atom stereocenters. The summed E-state index contributed by atoms with van der Waals surface area (Å²) in [5.74, 6) is -0.542. The lowest BCUT2D eigenvalue weighted by atomic mass is 10.1. The molecule has 72 valence electrons. The summed E-state index contributed by atoms with van der Waals surface area (Å²) in [4.78, 5) is 11.7. The zero-order valence-electron chi connectivity index (χ0n) is 7.55. The van der Waals surface area contributed by atoms with Gasteiger partial charge in [-0.3, -0.25) is 15.0 Å². The van der Waals surface area contributed by atoms with Crippen LogP contribution in [0.25, 0.3) is 11.4 Å². The Bertz CT molecular complexity index is 519. The summed E-state index contributed by atoms with van der Waals surface area (Å²) in [6, 6.07) is 2.99. The molecule has 5 heteroatoms. The Kier molecular flexibility index (Phi) is 2.33. The van der Waals surface area contributed by atoms with Crippen molar-refractivity contribution in [2.24, 2.45) is 0 Å². The van der Waals surface area contributed by atoms with Crippen molar-refractivity contribution in [1.29, 1.82) is 5.26 Å². The van der Waals surface area contributed by atoms with Crippen molar-refractivity contribution in [3.63, 3.8) is 0 Å². The van der Waals surface area contributed by atoms with Gasteiger partial charge in [-0.05, 0) is 6.07 Å². The molecular weight excluding hydrogens is 195 g/mol. The second-order valence-corrected chi connectivity index (χ2v) is 2.75. The Labute approximate surface area is 85.1 Å². The molecule has 2 heterocycles. The molecule has 0 N–H and O–H groups in total. The lowest BCUT2D eigenvalue weighted by Gasteiger charge is -2.00. The van der Waals surface area contributed by atoms with Crippen LogP contribution in [-0.2, 0) is 0 Å². The van der Waals surface area contributed by atoms with Gasteiger partial charge in [-0.2, -0.15) is 5.26 Å². The monoisotopic (exact) mass is 200 g/mol. The lowest BCUT2D eigenvalue weighted by molar-refractivity contribution is 0.621. The third-order valence-electron chi connectivity index (χ3n) is 1.78. The summed E-state index contributed by atoms with van der Waals surface area (Å²) in [7, 11) is 0. The van der Waals surface area contributed by atoms with Crippen LogP contribution in [0.2, 0.25) is 0 Å². The minimum absolute atomic E-state index is 0.149. The summed E-state index contributed by atoms with van der Waals surface area (Å²) in [6.45, 7) is 0. The zero-order chi connectivity index (χ0) is 10.7. The van der Waals surface area contributed by atoms with Crippen LogP contribution in [0, 0.1) is 17.1 Å². The van der Waals surface area contributed by atoms with Crippen LogP contribution < -0.4 is 0 Å². The molecule has 2 aromatic rings. The van der Waals surface area contributed by atoms with Crippen molar-refractivity contribution in [3.05, 3.63) is 42.2 Å². The largest absolute Gasteiger partial charge is 0.261 e. The Morgan fingerprint density at radius 3 is 2.73 bits per heavy atom. The van der Waals surface area contributed by atoms with Crippen molar-refractivity contribution >= 4 is 0 Å². The standard InChI is InChI=1S/C10H5FN4/c11-8-3-7(4-12)10(15-5-8)9-6-13-1-2-14-9/h1-3,5-6H. The summed E-state index contributed by atoms with van der Waals surface area (Å²) in [5, 5.41) is 8.80. The fraction of sp³-hybridized carbons (Fsp3) is 0. The fourth-order valence-corrected chi connectivity index (χ4v) is 1.15. The average Bonchev–Trinajstić information content (AvgIpc) is 2.30. The lowest BCUT2D eigenvalue weighted by Crippen LogP contribution is -1.93. The number of pyridine rings is 1. The molecule has 0 amide bonds. The highest BCUT2D eigenvalue weighted by Gasteiger charge is 2.08. The molecule has 0 bridgehead atoms. The minimum Gasteiger partial charge on any atom is -0.261 e. The molecule has 0 aromatic carbocycles. The number of nitrogens with zero attached hydrogens (tertiary/aromatic N) is 4. The van der Waals surface area contributed by atoms with E-state index >= 15 is 0 Å². The first-order valence-electron chi connectivity index (χ1n) is 4.13. The second kappa shape index (κ2) is 3.80. The first kappa shape index (κ1) is 9.21. The van der Waals surface area contributed by atoms with Gasteiger partial charge in [0.1, 0.15) is 23.3 Å². The van der Waals surface area contributed by atoms with Crippen LogP contribution >= 0.6 is 0 Å². The van der Waals surface area contributed by atoms with Crippen molar-refractivity contribution in [3.8, 4) is 17.5 Å². The molecule has 0 radical (unpaired) electrons. The van der Waals surface area contributed by atoms with Crippen molar-refractivity contribution in [2.45, 2.75) is 0 Å². The molecule has 2 aromatic heterocycles. The second-order valence-electron chi connectivity index (χ2n) is 2.75. The highest BCUT2D eigenvalue weighted by Crippen LogP contribution is 2.17. The molecule has 0 aliphatic heterocycles. The van der Waals surface area contributed by atoms with Crippen molar-refractivity contribution < 1.29 is 4.39 Å². The van der Waals surface area contributed by atoms with E-state index in [9.17, 15) is 4.39 Å². The van der Waals surface area contributed by atoms with Crippen LogP contribution in [0.3, 0.4) is 0 Å². The van der Waals surface area contributed by atoms with Gasteiger partial charge >= 0.3 is 0 Å². The van der Waals surface area contributed by atoms with Gasteiger partial charge in [0.15, 0.2) is 0 Å². The summed E-state index contributed by atoms with van der Waals surface area (Å²) < 4.78 is 12.8. The normalized spacial score (nSPS) is 9.60. The van der Waals surface area contributed by atoms with E-state index < -0.39 is 5.82 Å². The van der Waals surface area contributed by atoms with E-state index in [-0.39, 0.29) is 5.56 Å². The van der Waals surface area contributed by atoms with Gasteiger partial charge in [-0.15, -0.1) is 0 Å². The predicted octanol–water partition coefficient (Wildman–Crippen LogP) is 1.55. The molecule has 2 rings (SSSR count). The maximum Gasteiger partial charge on any atom is 0.142 e. The number of hydrogen-bond donors (Lipinski definition) is 0. The Balaban J connectivity index is 2.60. The van der Waals surface area contributed by atoms with Crippen LogP contribution in [-0.4, -0.2) is 15.0 Å². The van der Waals surface area contributed by atoms with E-state index in [4.69, 9.17) is 5.26 Å². The molecular formula is C10H5FN4. The maximum atomic E-state index is 12.8. The Morgan fingerprint density at radius 2 is 2.07 bits per heavy atom. The van der Waals surface area contributed by atoms with E-state index in [1.807, 2.05) is 6.07 Å². The van der Waals surface area contributed by atoms with E-state index in [0.29, 0.717) is 11.4 Å².